The fraction of sp³-hybridized carbons (Fsp3) is 0.833. The molecule has 0 unspecified atom stereocenters. The Morgan fingerprint density at radius 3 is 1.67 bits per heavy atom. The van der Waals surface area contributed by atoms with Gasteiger partial charge in [-0.2, -0.15) is 0 Å². The molecule has 0 radical (unpaired) electrons. The molecule has 3 nitrogen and oxygen atoms in total. The molecule has 15 heavy (non-hydrogen) atoms. The summed E-state index contributed by atoms with van der Waals surface area (Å²) in [5, 5.41) is 0. The summed E-state index contributed by atoms with van der Waals surface area (Å²) in [5.74, 6) is 0.793. The molecule has 0 fully saturated rings. The highest BCUT2D eigenvalue weighted by atomic mass is 16.2. The van der Waals surface area contributed by atoms with E-state index in [-0.39, 0.29) is 18.1 Å². The van der Waals surface area contributed by atoms with E-state index in [4.69, 9.17) is 0 Å². The average molecular weight is 213 g/mol. The zero-order chi connectivity index (χ0) is 12.0. The zero-order valence-corrected chi connectivity index (χ0v) is 10.5. The van der Waals surface area contributed by atoms with E-state index in [0.29, 0.717) is 11.8 Å². The predicted octanol–water partition coefficient (Wildman–Crippen LogP) is 2.11. The van der Waals surface area contributed by atoms with E-state index in [1.165, 1.54) is 6.92 Å². The summed E-state index contributed by atoms with van der Waals surface area (Å²) in [6.07, 6.45) is 0.0411. The number of nitrogens with zero attached hydrogens (tertiary/aromatic N) is 1. The van der Waals surface area contributed by atoms with Gasteiger partial charge >= 0.3 is 0 Å². The molecule has 0 bridgehead atoms. The molecule has 0 aromatic rings. The first kappa shape index (κ1) is 14.1. The van der Waals surface area contributed by atoms with Gasteiger partial charge in [-0.1, -0.05) is 27.7 Å². The summed E-state index contributed by atoms with van der Waals surface area (Å²) in [6, 6.07) is 0. The van der Waals surface area contributed by atoms with Crippen LogP contribution in [-0.4, -0.2) is 29.7 Å². The van der Waals surface area contributed by atoms with E-state index in [1.807, 2.05) is 0 Å². The van der Waals surface area contributed by atoms with E-state index < -0.39 is 0 Å². The summed E-state index contributed by atoms with van der Waals surface area (Å²) in [6.45, 7) is 11.3. The van der Waals surface area contributed by atoms with Crippen LogP contribution in [0.15, 0.2) is 0 Å². The molecule has 88 valence electrons. The van der Waals surface area contributed by atoms with Crippen molar-refractivity contribution in [3.8, 4) is 0 Å². The van der Waals surface area contributed by atoms with Gasteiger partial charge in [0.1, 0.15) is 5.78 Å². The Morgan fingerprint density at radius 2 is 1.40 bits per heavy atom. The maximum absolute atomic E-state index is 11.7. The van der Waals surface area contributed by atoms with Crippen molar-refractivity contribution >= 4 is 11.7 Å². The molecule has 0 N–H and O–H groups in total. The van der Waals surface area contributed by atoms with E-state index in [2.05, 4.69) is 27.7 Å². The Kier molecular flexibility index (Phi) is 6.21. The van der Waals surface area contributed by atoms with Crippen LogP contribution < -0.4 is 0 Å². The smallest absolute Gasteiger partial charge is 0.230 e. The van der Waals surface area contributed by atoms with Crippen LogP contribution in [-0.2, 0) is 9.59 Å². The first-order chi connectivity index (χ1) is 6.82. The third-order valence-corrected chi connectivity index (χ3v) is 1.92. The molecule has 0 aromatic heterocycles. The number of Topliss-reactive ketones (excluding diaryl/α,β-unsaturated/α-hetero) is 1. The minimum Gasteiger partial charge on any atom is -0.342 e. The van der Waals surface area contributed by atoms with Gasteiger partial charge in [0.05, 0.1) is 6.42 Å². The van der Waals surface area contributed by atoms with Crippen molar-refractivity contribution in [2.45, 2.75) is 41.0 Å². The summed E-state index contributed by atoms with van der Waals surface area (Å²) >= 11 is 0. The van der Waals surface area contributed by atoms with Crippen LogP contribution in [0.2, 0.25) is 0 Å². The van der Waals surface area contributed by atoms with Gasteiger partial charge in [0, 0.05) is 13.1 Å². The Bertz CT molecular complexity index is 212. The number of hydrogen-bond acceptors (Lipinski definition) is 2. The monoisotopic (exact) mass is 213 g/mol. The molecule has 0 spiro atoms. The second-order valence-electron chi connectivity index (χ2n) is 4.97. The average Bonchev–Trinajstić information content (AvgIpc) is 1.99. The van der Waals surface area contributed by atoms with Gasteiger partial charge in [0.2, 0.25) is 5.91 Å². The van der Waals surface area contributed by atoms with Crippen LogP contribution >= 0.6 is 0 Å². The van der Waals surface area contributed by atoms with Gasteiger partial charge in [-0.25, -0.2) is 0 Å². The van der Waals surface area contributed by atoms with Gasteiger partial charge < -0.3 is 4.90 Å². The fourth-order valence-electron chi connectivity index (χ4n) is 1.48. The number of amides is 1. The maximum atomic E-state index is 11.7. The van der Waals surface area contributed by atoms with E-state index in [1.54, 1.807) is 4.90 Å². The normalized spacial score (nSPS) is 10.9. The lowest BCUT2D eigenvalue weighted by molar-refractivity contribution is -0.135. The molecule has 0 saturated carbocycles. The van der Waals surface area contributed by atoms with Gasteiger partial charge in [0.25, 0.3) is 0 Å². The van der Waals surface area contributed by atoms with Gasteiger partial charge in [-0.3, -0.25) is 9.59 Å². The van der Waals surface area contributed by atoms with Crippen molar-refractivity contribution in [2.75, 3.05) is 13.1 Å². The molecular formula is C12H23NO2. The minimum absolute atomic E-state index is 0.0371. The highest BCUT2D eigenvalue weighted by molar-refractivity contribution is 5.96. The lowest BCUT2D eigenvalue weighted by Crippen LogP contribution is -2.37. The van der Waals surface area contributed by atoms with Crippen molar-refractivity contribution in [2.24, 2.45) is 11.8 Å². The second kappa shape index (κ2) is 6.59. The van der Waals surface area contributed by atoms with Crippen LogP contribution in [0.5, 0.6) is 0 Å². The summed E-state index contributed by atoms with van der Waals surface area (Å²) in [7, 11) is 0. The van der Waals surface area contributed by atoms with Gasteiger partial charge in [-0.15, -0.1) is 0 Å². The standard InChI is InChI=1S/C12H23NO2/c1-9(2)7-13(8-10(3)4)12(15)6-11(5)14/h9-10H,6-8H2,1-5H3. The maximum Gasteiger partial charge on any atom is 0.230 e. The Morgan fingerprint density at radius 1 is 1.00 bits per heavy atom. The van der Waals surface area contributed by atoms with Crippen LogP contribution in [0.4, 0.5) is 0 Å². The largest absolute Gasteiger partial charge is 0.342 e. The first-order valence-corrected chi connectivity index (χ1v) is 5.60. The highest BCUT2D eigenvalue weighted by Crippen LogP contribution is 2.06. The number of carbonyl (C=O) groups is 2. The minimum atomic E-state index is -0.0579. The lowest BCUT2D eigenvalue weighted by atomic mass is 10.1. The third-order valence-electron chi connectivity index (χ3n) is 1.92. The highest BCUT2D eigenvalue weighted by Gasteiger charge is 2.17. The Balaban J connectivity index is 4.33. The molecule has 0 aromatic carbocycles. The van der Waals surface area contributed by atoms with Gasteiger partial charge in [-0.05, 0) is 18.8 Å². The number of rotatable bonds is 6. The van der Waals surface area contributed by atoms with Crippen LogP contribution in [0, 0.1) is 11.8 Å². The Labute approximate surface area is 92.8 Å². The zero-order valence-electron chi connectivity index (χ0n) is 10.5. The van der Waals surface area contributed by atoms with E-state index >= 15 is 0 Å². The Hall–Kier alpha value is -0.860. The third kappa shape index (κ3) is 7.11. The SMILES string of the molecule is CC(=O)CC(=O)N(CC(C)C)CC(C)C. The fourth-order valence-corrected chi connectivity index (χ4v) is 1.48. The number of ketones is 1. The van der Waals surface area contributed by atoms with Crippen molar-refractivity contribution < 1.29 is 9.59 Å². The number of hydrogen-bond donors (Lipinski definition) is 0. The van der Waals surface area contributed by atoms with Crippen molar-refractivity contribution in [3.63, 3.8) is 0 Å². The first-order valence-electron chi connectivity index (χ1n) is 5.60. The molecule has 0 atom stereocenters. The molecule has 0 rings (SSSR count). The molecule has 0 aliphatic heterocycles. The van der Waals surface area contributed by atoms with Crippen molar-refractivity contribution in [1.29, 1.82) is 0 Å². The van der Waals surface area contributed by atoms with Gasteiger partial charge in [0.15, 0.2) is 0 Å². The summed E-state index contributed by atoms with van der Waals surface area (Å²) in [4.78, 5) is 24.4. The molecule has 0 saturated heterocycles. The molecule has 0 aliphatic rings. The van der Waals surface area contributed by atoms with E-state index in [0.717, 1.165) is 13.1 Å². The molecule has 1 amide bonds. The molecule has 0 heterocycles. The van der Waals surface area contributed by atoms with Crippen LogP contribution in [0.1, 0.15) is 41.0 Å². The number of carbonyl (C=O) groups excluding carboxylic acids is 2. The summed E-state index contributed by atoms with van der Waals surface area (Å²) in [5.41, 5.74) is 0. The lowest BCUT2D eigenvalue weighted by Gasteiger charge is -2.26. The van der Waals surface area contributed by atoms with Crippen molar-refractivity contribution in [3.05, 3.63) is 0 Å². The van der Waals surface area contributed by atoms with E-state index in [9.17, 15) is 9.59 Å². The van der Waals surface area contributed by atoms with Crippen LogP contribution in [0.3, 0.4) is 0 Å². The quantitative estimate of drug-likeness (QED) is 0.634. The molecule has 3 heteroatoms. The van der Waals surface area contributed by atoms with Crippen LogP contribution in [0.25, 0.3) is 0 Å². The molecular weight excluding hydrogens is 190 g/mol. The second-order valence-corrected chi connectivity index (χ2v) is 4.97. The molecule has 0 aliphatic carbocycles. The summed E-state index contributed by atoms with van der Waals surface area (Å²) < 4.78 is 0. The van der Waals surface area contributed by atoms with Crippen molar-refractivity contribution in [1.82, 2.24) is 4.90 Å². The predicted molar refractivity (Wildman–Crippen MR) is 61.6 cm³/mol. The topological polar surface area (TPSA) is 37.4 Å².